The van der Waals surface area contributed by atoms with Gasteiger partial charge in [-0.05, 0) is 49.7 Å². The maximum atomic E-state index is 12.4. The van der Waals surface area contributed by atoms with Crippen molar-refractivity contribution in [3.63, 3.8) is 0 Å². The van der Waals surface area contributed by atoms with Crippen molar-refractivity contribution >= 4 is 61.6 Å². The van der Waals surface area contributed by atoms with E-state index in [1.807, 2.05) is 36.4 Å². The Kier molecular flexibility index (Phi) is 14.2. The molecule has 0 aliphatic carbocycles. The van der Waals surface area contributed by atoms with Gasteiger partial charge in [-0.1, -0.05) is 36.4 Å². The highest BCUT2D eigenvalue weighted by Crippen LogP contribution is 2.51. The first-order valence-corrected chi connectivity index (χ1v) is 12.5. The third-order valence-electron chi connectivity index (χ3n) is 4.47. The van der Waals surface area contributed by atoms with E-state index in [2.05, 4.69) is 38.8 Å². The topological polar surface area (TPSA) is 55.4 Å². The Balaban J connectivity index is 0.00000480. The third-order valence-corrected chi connectivity index (χ3v) is 7.95. The molecule has 8 heteroatoms. The lowest BCUT2D eigenvalue weighted by molar-refractivity contribution is -0.140. The van der Waals surface area contributed by atoms with Crippen molar-refractivity contribution < 1.29 is 14.3 Å². The van der Waals surface area contributed by atoms with Gasteiger partial charge in [0.15, 0.2) is 0 Å². The van der Waals surface area contributed by atoms with E-state index in [0.29, 0.717) is 32.2 Å². The highest BCUT2D eigenvalue weighted by Gasteiger charge is 2.34. The van der Waals surface area contributed by atoms with Gasteiger partial charge in [0, 0.05) is 29.2 Å². The Bertz CT molecular complexity index is 739. The lowest BCUT2D eigenvalue weighted by Crippen LogP contribution is -2.29. The molecule has 0 saturated carbocycles. The summed E-state index contributed by atoms with van der Waals surface area (Å²) in [4.78, 5) is 26.6. The van der Waals surface area contributed by atoms with E-state index in [4.69, 9.17) is 4.74 Å². The largest absolute Gasteiger partial charge is 0.469 e. The van der Waals surface area contributed by atoms with Crippen LogP contribution in [0.2, 0.25) is 0 Å². The first kappa shape index (κ1) is 28.0. The van der Waals surface area contributed by atoms with Crippen LogP contribution >= 0.6 is 49.7 Å². The van der Waals surface area contributed by atoms with Gasteiger partial charge in [-0.3, -0.25) is 9.59 Å². The number of hydrogen-bond donors (Lipinski definition) is 1. The summed E-state index contributed by atoms with van der Waals surface area (Å²) >= 11 is 3.45. The summed E-state index contributed by atoms with van der Waals surface area (Å²) in [6.45, 7) is 0.690. The van der Waals surface area contributed by atoms with Crippen LogP contribution in [-0.4, -0.2) is 35.8 Å². The van der Waals surface area contributed by atoms with Crippen LogP contribution in [0.4, 0.5) is 0 Å². The molecule has 2 aromatic rings. The Morgan fingerprint density at radius 1 is 0.935 bits per heavy atom. The molecule has 0 aromatic heterocycles. The predicted octanol–water partition coefficient (Wildman–Crippen LogP) is 5.96. The molecule has 1 atom stereocenters. The van der Waals surface area contributed by atoms with Crippen molar-refractivity contribution in [2.45, 2.75) is 46.0 Å². The van der Waals surface area contributed by atoms with E-state index in [1.54, 1.807) is 23.5 Å². The Labute approximate surface area is 207 Å². The molecule has 2 aromatic carbocycles. The average molecular weight is 545 g/mol. The van der Waals surface area contributed by atoms with Gasteiger partial charge in [-0.25, -0.2) is 0 Å². The maximum absolute atomic E-state index is 12.4. The van der Waals surface area contributed by atoms with Crippen molar-refractivity contribution in [3.8, 4) is 0 Å². The minimum absolute atomic E-state index is 0. The summed E-state index contributed by atoms with van der Waals surface area (Å²) in [5, 5.41) is 3.00. The van der Waals surface area contributed by atoms with Crippen molar-refractivity contribution in [2.75, 3.05) is 19.8 Å². The molecule has 0 radical (unpaired) electrons. The molecule has 1 N–H and O–H groups in total. The fourth-order valence-electron chi connectivity index (χ4n) is 2.87. The van der Waals surface area contributed by atoms with Crippen LogP contribution in [0.5, 0.6) is 0 Å². The number of thioether (sulfide) groups is 2. The Morgan fingerprint density at radius 2 is 1.45 bits per heavy atom. The molecular formula is C23H31BrNO3PS2. The molecule has 0 bridgehead atoms. The number of carbonyl (C=O) groups is 2. The van der Waals surface area contributed by atoms with Crippen LogP contribution in [0.1, 0.15) is 32.1 Å². The molecule has 4 nitrogen and oxygen atoms in total. The van der Waals surface area contributed by atoms with Crippen LogP contribution in [0.25, 0.3) is 0 Å². The lowest BCUT2D eigenvalue weighted by Gasteiger charge is -2.33. The average Bonchev–Trinajstić information content (AvgIpc) is 2.77. The number of esters is 1. The highest BCUT2D eigenvalue weighted by atomic mass is 79.9. The zero-order valence-corrected chi connectivity index (χ0v) is 22.3. The van der Waals surface area contributed by atoms with Crippen molar-refractivity contribution in [1.82, 2.24) is 5.32 Å². The molecule has 170 valence electrons. The second-order valence-corrected chi connectivity index (χ2v) is 10.6. The predicted molar refractivity (Wildman–Crippen MR) is 140 cm³/mol. The summed E-state index contributed by atoms with van der Waals surface area (Å²) in [6, 6.07) is 20.3. The van der Waals surface area contributed by atoms with Crippen molar-refractivity contribution in [3.05, 3.63) is 60.7 Å². The fraction of sp³-hybridized carbons (Fsp3) is 0.391. The maximum Gasteiger partial charge on any atom is 0.305 e. The van der Waals surface area contributed by atoms with E-state index >= 15 is 0 Å². The van der Waals surface area contributed by atoms with Gasteiger partial charge in [0.2, 0.25) is 5.91 Å². The van der Waals surface area contributed by atoms with Gasteiger partial charge in [-0.2, -0.15) is 0 Å². The van der Waals surface area contributed by atoms with Crippen LogP contribution < -0.4 is 5.32 Å². The molecule has 0 spiro atoms. The lowest BCUT2D eigenvalue weighted by atomic mass is 10.1. The number of carbonyl (C=O) groups excluding carboxylic acids is 2. The van der Waals surface area contributed by atoms with Crippen LogP contribution in [0.15, 0.2) is 70.5 Å². The molecule has 2 rings (SSSR count). The van der Waals surface area contributed by atoms with Gasteiger partial charge in [-0.15, -0.1) is 49.7 Å². The summed E-state index contributed by atoms with van der Waals surface area (Å²) in [6.07, 6.45) is 3.90. The zero-order chi connectivity index (χ0) is 21.7. The second-order valence-electron chi connectivity index (χ2n) is 6.81. The number of amides is 1. The minimum atomic E-state index is -0.366. The minimum Gasteiger partial charge on any atom is -0.469 e. The Hall–Kier alpha value is -1.01. The summed E-state index contributed by atoms with van der Waals surface area (Å²) in [5.41, 5.74) is 0. The van der Waals surface area contributed by atoms with Crippen LogP contribution in [0, 0.1) is 0 Å². The quantitative estimate of drug-likeness (QED) is 0.111. The van der Waals surface area contributed by atoms with E-state index in [9.17, 15) is 9.59 Å². The number of methoxy groups -OCH3 is 1. The van der Waals surface area contributed by atoms with E-state index in [1.165, 1.54) is 7.11 Å². The molecule has 0 aliphatic heterocycles. The smallest absolute Gasteiger partial charge is 0.305 e. The number of nitrogens with one attached hydrogen (secondary N) is 1. The van der Waals surface area contributed by atoms with Gasteiger partial charge >= 0.3 is 5.97 Å². The molecule has 0 saturated heterocycles. The van der Waals surface area contributed by atoms with Gasteiger partial charge < -0.3 is 10.1 Å². The molecule has 0 aliphatic rings. The van der Waals surface area contributed by atoms with Crippen LogP contribution in [-0.2, 0) is 14.3 Å². The number of ether oxygens (including phenoxy) is 1. The standard InChI is InChI=1S/C23H30NO3PS2.BrH/c1-27-22(26)14-16-23(29-19-9-4-2-5-10-19,30-20-11-6-3-7-12-20)15-13-21(25)24-17-8-18-28;/h2-7,9-12H,8,13-18,28H2,1H3,(H,24,25);1H. The molecule has 1 unspecified atom stereocenters. The third kappa shape index (κ3) is 10.9. The second kappa shape index (κ2) is 15.7. The summed E-state index contributed by atoms with van der Waals surface area (Å²) < 4.78 is 4.53. The number of rotatable bonds is 13. The number of hydrogen-bond acceptors (Lipinski definition) is 5. The first-order chi connectivity index (χ1) is 14.6. The molecule has 1 amide bonds. The van der Waals surface area contributed by atoms with Crippen molar-refractivity contribution in [1.29, 1.82) is 0 Å². The summed E-state index contributed by atoms with van der Waals surface area (Å²) in [7, 11) is 4.09. The normalized spacial score (nSPS) is 10.8. The fourth-order valence-corrected chi connectivity index (χ4v) is 6.08. The number of halogens is 1. The number of benzene rings is 2. The summed E-state index contributed by atoms with van der Waals surface area (Å²) in [5.74, 6) is -0.176. The molecular weight excluding hydrogens is 513 g/mol. The van der Waals surface area contributed by atoms with Gasteiger partial charge in [0.25, 0.3) is 0 Å². The van der Waals surface area contributed by atoms with Gasteiger partial charge in [0.1, 0.15) is 0 Å². The first-order valence-electron chi connectivity index (χ1n) is 10.1. The monoisotopic (exact) mass is 543 g/mol. The molecule has 0 fully saturated rings. The SMILES string of the molecule is Br.COC(=O)CCC(CCC(=O)NCCCP)(Sc1ccccc1)Sc1ccccc1. The highest BCUT2D eigenvalue weighted by molar-refractivity contribution is 8.93. The van der Waals surface area contributed by atoms with E-state index in [0.717, 1.165) is 22.4 Å². The molecule has 0 heterocycles. The van der Waals surface area contributed by atoms with Crippen LogP contribution in [0.3, 0.4) is 0 Å². The van der Waals surface area contributed by atoms with E-state index in [-0.39, 0.29) is 32.9 Å². The Morgan fingerprint density at radius 3 is 1.94 bits per heavy atom. The van der Waals surface area contributed by atoms with Crippen molar-refractivity contribution in [2.24, 2.45) is 0 Å². The van der Waals surface area contributed by atoms with Gasteiger partial charge in [0.05, 0.1) is 11.2 Å². The van der Waals surface area contributed by atoms with E-state index < -0.39 is 0 Å². The zero-order valence-electron chi connectivity index (χ0n) is 17.8. The molecule has 31 heavy (non-hydrogen) atoms.